The van der Waals surface area contributed by atoms with Gasteiger partial charge in [-0.25, -0.2) is 0 Å². The predicted molar refractivity (Wildman–Crippen MR) is 92.8 cm³/mol. The summed E-state index contributed by atoms with van der Waals surface area (Å²) in [6.07, 6.45) is 3.98. The fourth-order valence-corrected chi connectivity index (χ4v) is 3.06. The van der Waals surface area contributed by atoms with E-state index in [0.29, 0.717) is 10.4 Å². The molecule has 23 heavy (non-hydrogen) atoms. The van der Waals surface area contributed by atoms with Crippen LogP contribution < -0.4 is 10.1 Å². The Morgan fingerprint density at radius 1 is 0.957 bits per heavy atom. The normalized spacial score (nSPS) is 11.2. The summed E-state index contributed by atoms with van der Waals surface area (Å²) in [5.74, 6) is 0. The molecule has 2 aromatic heterocycles. The maximum Gasteiger partial charge on any atom is 0.256 e. The molecule has 4 rings (SSSR count). The number of nitrogens with zero attached hydrogens (tertiary/aromatic N) is 1. The fraction of sp³-hybridized carbons (Fsp3) is 0.0526. The molecule has 0 fully saturated rings. The maximum atomic E-state index is 12.3. The number of aromatic amines is 1. The van der Waals surface area contributed by atoms with Gasteiger partial charge in [-0.2, -0.15) is 4.57 Å². The molecule has 3 nitrogen and oxygen atoms in total. The Morgan fingerprint density at radius 3 is 2.61 bits per heavy atom. The first-order chi connectivity index (χ1) is 11.2. The zero-order valence-electron chi connectivity index (χ0n) is 12.3. The molecule has 0 aliphatic rings. The lowest BCUT2D eigenvalue weighted by Gasteiger charge is -2.04. The van der Waals surface area contributed by atoms with Crippen LogP contribution in [-0.2, 0) is 6.54 Å². The van der Waals surface area contributed by atoms with Crippen molar-refractivity contribution < 1.29 is 4.57 Å². The van der Waals surface area contributed by atoms with Gasteiger partial charge in [0.2, 0.25) is 0 Å². The van der Waals surface area contributed by atoms with Gasteiger partial charge in [0.1, 0.15) is 5.52 Å². The minimum Gasteiger partial charge on any atom is -0.316 e. The second-order valence-corrected chi connectivity index (χ2v) is 6.01. The van der Waals surface area contributed by atoms with Crippen LogP contribution in [0.5, 0.6) is 0 Å². The number of hydrogen-bond acceptors (Lipinski definition) is 1. The molecule has 4 heteroatoms. The van der Waals surface area contributed by atoms with E-state index in [1.165, 1.54) is 5.56 Å². The summed E-state index contributed by atoms with van der Waals surface area (Å²) in [4.78, 5) is 15.2. The van der Waals surface area contributed by atoms with Crippen molar-refractivity contribution in [3.05, 3.63) is 87.9 Å². The summed E-state index contributed by atoms with van der Waals surface area (Å²) >= 11 is 6.09. The van der Waals surface area contributed by atoms with Crippen molar-refractivity contribution in [1.29, 1.82) is 0 Å². The molecule has 0 bridgehead atoms. The van der Waals surface area contributed by atoms with E-state index in [1.54, 1.807) is 12.1 Å². The second kappa shape index (κ2) is 5.52. The highest BCUT2D eigenvalue weighted by Gasteiger charge is 2.10. The molecule has 0 atom stereocenters. The topological polar surface area (TPSA) is 36.7 Å². The first-order valence-corrected chi connectivity index (χ1v) is 7.77. The number of nitrogens with one attached hydrogen (secondary N) is 1. The van der Waals surface area contributed by atoms with Gasteiger partial charge in [-0.15, -0.1) is 0 Å². The van der Waals surface area contributed by atoms with Gasteiger partial charge in [0.25, 0.3) is 5.56 Å². The molecule has 2 aromatic carbocycles. The van der Waals surface area contributed by atoms with E-state index in [9.17, 15) is 4.79 Å². The molecule has 4 aromatic rings. The van der Waals surface area contributed by atoms with Crippen LogP contribution in [0.25, 0.3) is 21.7 Å². The smallest absolute Gasteiger partial charge is 0.256 e. The number of halogens is 1. The maximum absolute atomic E-state index is 12.3. The van der Waals surface area contributed by atoms with Crippen LogP contribution in [0.3, 0.4) is 0 Å². The SMILES string of the molecule is O=c1[nH]c2c[n+](Cc3ccccc3)ccc2c2cc(Cl)ccc12. The van der Waals surface area contributed by atoms with Crippen LogP contribution in [0.4, 0.5) is 0 Å². The van der Waals surface area contributed by atoms with E-state index in [0.717, 1.165) is 22.8 Å². The third kappa shape index (κ3) is 2.60. The summed E-state index contributed by atoms with van der Waals surface area (Å²) in [7, 11) is 0. The van der Waals surface area contributed by atoms with Crippen LogP contribution in [-0.4, -0.2) is 4.98 Å². The number of H-pyrrole nitrogens is 1. The first-order valence-electron chi connectivity index (χ1n) is 7.39. The minimum absolute atomic E-state index is 0.0957. The fourth-order valence-electron chi connectivity index (χ4n) is 2.89. The van der Waals surface area contributed by atoms with Gasteiger partial charge in [0, 0.05) is 27.4 Å². The number of pyridine rings is 2. The molecule has 0 aliphatic heterocycles. The lowest BCUT2D eigenvalue weighted by Crippen LogP contribution is -2.33. The van der Waals surface area contributed by atoms with Crippen molar-refractivity contribution in [3.8, 4) is 0 Å². The lowest BCUT2D eigenvalue weighted by molar-refractivity contribution is -0.687. The second-order valence-electron chi connectivity index (χ2n) is 5.57. The highest BCUT2D eigenvalue weighted by Crippen LogP contribution is 2.23. The Bertz CT molecular complexity index is 1070. The molecule has 1 N–H and O–H groups in total. The number of benzene rings is 2. The van der Waals surface area contributed by atoms with Gasteiger partial charge in [-0.05, 0) is 23.6 Å². The molecule has 0 amide bonds. The Morgan fingerprint density at radius 2 is 1.78 bits per heavy atom. The molecule has 112 valence electrons. The van der Waals surface area contributed by atoms with E-state index in [4.69, 9.17) is 11.6 Å². The highest BCUT2D eigenvalue weighted by molar-refractivity contribution is 6.31. The Hall–Kier alpha value is -2.65. The molecular weight excluding hydrogens is 308 g/mol. The van der Waals surface area contributed by atoms with Crippen LogP contribution in [0.2, 0.25) is 5.02 Å². The number of hydrogen-bond donors (Lipinski definition) is 1. The monoisotopic (exact) mass is 321 g/mol. The van der Waals surface area contributed by atoms with Crippen molar-refractivity contribution in [3.63, 3.8) is 0 Å². The van der Waals surface area contributed by atoms with Crippen LogP contribution in [0.15, 0.2) is 71.8 Å². The molecule has 0 saturated carbocycles. The molecule has 0 radical (unpaired) electrons. The van der Waals surface area contributed by atoms with Crippen molar-refractivity contribution >= 4 is 33.3 Å². The van der Waals surface area contributed by atoms with Gasteiger partial charge >= 0.3 is 0 Å². The van der Waals surface area contributed by atoms with Crippen LogP contribution >= 0.6 is 11.6 Å². The van der Waals surface area contributed by atoms with Crippen molar-refractivity contribution in [1.82, 2.24) is 4.98 Å². The summed E-state index contributed by atoms with van der Waals surface area (Å²) in [6.45, 7) is 0.756. The van der Waals surface area contributed by atoms with Gasteiger partial charge in [-0.3, -0.25) is 4.79 Å². The van der Waals surface area contributed by atoms with Crippen LogP contribution in [0.1, 0.15) is 5.56 Å². The zero-order chi connectivity index (χ0) is 15.8. The largest absolute Gasteiger partial charge is 0.316 e. The Kier molecular flexibility index (Phi) is 3.36. The molecular formula is C19H14ClN2O+. The van der Waals surface area contributed by atoms with E-state index in [2.05, 4.69) is 21.7 Å². The van der Waals surface area contributed by atoms with Gasteiger partial charge in [0.15, 0.2) is 18.9 Å². The summed E-state index contributed by atoms with van der Waals surface area (Å²) in [5.41, 5.74) is 1.92. The van der Waals surface area contributed by atoms with E-state index in [1.807, 2.05) is 42.7 Å². The number of aromatic nitrogens is 2. The summed E-state index contributed by atoms with van der Waals surface area (Å²) < 4.78 is 2.06. The predicted octanol–water partition coefficient (Wildman–Crippen LogP) is 3.67. The summed E-state index contributed by atoms with van der Waals surface area (Å²) in [5, 5.41) is 3.16. The van der Waals surface area contributed by atoms with Crippen molar-refractivity contribution in [2.75, 3.05) is 0 Å². The third-order valence-corrected chi connectivity index (χ3v) is 4.23. The third-order valence-electron chi connectivity index (χ3n) is 3.99. The van der Waals surface area contributed by atoms with Gasteiger partial charge in [-0.1, -0.05) is 41.9 Å². The molecule has 0 saturated heterocycles. The number of fused-ring (bicyclic) bond motifs is 3. The van der Waals surface area contributed by atoms with Gasteiger partial charge < -0.3 is 4.98 Å². The molecule has 0 unspecified atom stereocenters. The van der Waals surface area contributed by atoms with Crippen molar-refractivity contribution in [2.24, 2.45) is 0 Å². The average Bonchev–Trinajstić information content (AvgIpc) is 2.55. The van der Waals surface area contributed by atoms with E-state index < -0.39 is 0 Å². The summed E-state index contributed by atoms with van der Waals surface area (Å²) in [6, 6.07) is 17.6. The standard InChI is InChI=1S/C19H13ClN2O/c20-14-6-7-16-17(10-14)15-8-9-22(12-18(15)21-19(16)23)11-13-4-2-1-3-5-13/h1-10,12H,11H2/p+1. The Labute approximate surface area is 137 Å². The Balaban J connectivity index is 1.89. The average molecular weight is 322 g/mol. The quantitative estimate of drug-likeness (QED) is 0.444. The van der Waals surface area contributed by atoms with Crippen molar-refractivity contribution in [2.45, 2.75) is 6.54 Å². The first kappa shape index (κ1) is 14.0. The van der Waals surface area contributed by atoms with Gasteiger partial charge in [0.05, 0.1) is 0 Å². The lowest BCUT2D eigenvalue weighted by atomic mass is 10.1. The minimum atomic E-state index is -0.0957. The van der Waals surface area contributed by atoms with E-state index in [-0.39, 0.29) is 5.56 Å². The zero-order valence-corrected chi connectivity index (χ0v) is 13.0. The molecule has 0 spiro atoms. The van der Waals surface area contributed by atoms with Crippen LogP contribution in [0, 0.1) is 0 Å². The number of rotatable bonds is 2. The highest BCUT2D eigenvalue weighted by atomic mass is 35.5. The molecule has 0 aliphatic carbocycles. The van der Waals surface area contributed by atoms with E-state index >= 15 is 0 Å². The molecule has 2 heterocycles.